The minimum Gasteiger partial charge on any atom is -0.392 e. The first kappa shape index (κ1) is 15.6. The van der Waals surface area contributed by atoms with Gasteiger partial charge in [-0.1, -0.05) is 18.2 Å². The Bertz CT molecular complexity index is 740. The number of nitriles is 1. The van der Waals surface area contributed by atoms with Crippen LogP contribution in [0.15, 0.2) is 42.5 Å². The van der Waals surface area contributed by atoms with Crippen LogP contribution in [0.2, 0.25) is 0 Å². The SMILES string of the molecule is N#Cc1cc(CN2C[C@H](O)C[C@H]2c2ccc(F)cc2)ccc1F. The van der Waals surface area contributed by atoms with Gasteiger partial charge in [-0.05, 0) is 41.8 Å². The van der Waals surface area contributed by atoms with E-state index in [1.165, 1.54) is 24.3 Å². The second-order valence-electron chi connectivity index (χ2n) is 5.81. The highest BCUT2D eigenvalue weighted by Gasteiger charge is 2.32. The van der Waals surface area contributed by atoms with E-state index in [0.717, 1.165) is 11.1 Å². The third-order valence-corrected chi connectivity index (χ3v) is 4.17. The number of β-amino-alcohol motifs (C(OH)–C–C–N with tert-alkyl or cyclic N) is 1. The first-order chi connectivity index (χ1) is 11.1. The Morgan fingerprint density at radius 1 is 1.17 bits per heavy atom. The highest BCUT2D eigenvalue weighted by molar-refractivity contribution is 5.34. The van der Waals surface area contributed by atoms with Crippen LogP contribution in [0.1, 0.15) is 29.2 Å². The fourth-order valence-corrected chi connectivity index (χ4v) is 3.08. The van der Waals surface area contributed by atoms with E-state index in [1.807, 2.05) is 6.07 Å². The lowest BCUT2D eigenvalue weighted by Gasteiger charge is -2.24. The lowest BCUT2D eigenvalue weighted by molar-refractivity contribution is 0.172. The van der Waals surface area contributed by atoms with Crippen molar-refractivity contribution >= 4 is 0 Å². The van der Waals surface area contributed by atoms with Crippen LogP contribution in [0, 0.1) is 23.0 Å². The molecule has 3 nitrogen and oxygen atoms in total. The van der Waals surface area contributed by atoms with Crippen LogP contribution < -0.4 is 0 Å². The van der Waals surface area contributed by atoms with Crippen molar-refractivity contribution in [3.8, 4) is 6.07 Å². The average Bonchev–Trinajstić information content (AvgIpc) is 2.90. The van der Waals surface area contributed by atoms with E-state index >= 15 is 0 Å². The van der Waals surface area contributed by atoms with Crippen LogP contribution in [0.5, 0.6) is 0 Å². The molecule has 0 radical (unpaired) electrons. The van der Waals surface area contributed by atoms with Crippen LogP contribution >= 0.6 is 0 Å². The van der Waals surface area contributed by atoms with Crippen LogP contribution in [0.4, 0.5) is 8.78 Å². The lowest BCUT2D eigenvalue weighted by atomic mass is 10.0. The Morgan fingerprint density at radius 2 is 1.91 bits per heavy atom. The van der Waals surface area contributed by atoms with Crippen molar-refractivity contribution in [1.82, 2.24) is 4.90 Å². The number of rotatable bonds is 3. The zero-order chi connectivity index (χ0) is 16.4. The number of benzene rings is 2. The molecule has 0 bridgehead atoms. The monoisotopic (exact) mass is 314 g/mol. The number of hydrogen-bond acceptors (Lipinski definition) is 3. The van der Waals surface area contributed by atoms with Gasteiger partial charge in [-0.25, -0.2) is 8.78 Å². The lowest BCUT2D eigenvalue weighted by Crippen LogP contribution is -2.24. The van der Waals surface area contributed by atoms with Crippen molar-refractivity contribution in [3.63, 3.8) is 0 Å². The molecular formula is C18H16F2N2O. The molecule has 1 aliphatic rings. The Hall–Kier alpha value is -2.29. The smallest absolute Gasteiger partial charge is 0.140 e. The van der Waals surface area contributed by atoms with Gasteiger partial charge in [0.05, 0.1) is 11.7 Å². The Morgan fingerprint density at radius 3 is 2.61 bits per heavy atom. The van der Waals surface area contributed by atoms with Gasteiger partial charge in [0, 0.05) is 19.1 Å². The third kappa shape index (κ3) is 3.39. The van der Waals surface area contributed by atoms with E-state index in [-0.39, 0.29) is 17.4 Å². The first-order valence-electron chi connectivity index (χ1n) is 7.43. The number of nitrogens with zero attached hydrogens (tertiary/aromatic N) is 2. The molecule has 0 aromatic heterocycles. The summed E-state index contributed by atoms with van der Waals surface area (Å²) in [5.41, 5.74) is 1.76. The van der Waals surface area contributed by atoms with Gasteiger partial charge in [0.25, 0.3) is 0 Å². The highest BCUT2D eigenvalue weighted by atomic mass is 19.1. The number of aliphatic hydroxyl groups excluding tert-OH is 1. The van der Waals surface area contributed by atoms with Crippen LogP contribution in [-0.2, 0) is 6.54 Å². The molecule has 2 aromatic rings. The molecule has 118 valence electrons. The Kier molecular flexibility index (Phi) is 4.37. The maximum Gasteiger partial charge on any atom is 0.140 e. The first-order valence-corrected chi connectivity index (χ1v) is 7.43. The molecule has 1 heterocycles. The molecule has 1 aliphatic heterocycles. The minimum absolute atomic E-state index is 0.0144. The van der Waals surface area contributed by atoms with Gasteiger partial charge in [-0.15, -0.1) is 0 Å². The molecule has 0 amide bonds. The second kappa shape index (κ2) is 6.45. The summed E-state index contributed by atoms with van der Waals surface area (Å²) in [5, 5.41) is 18.9. The van der Waals surface area contributed by atoms with Crippen LogP contribution in [0.25, 0.3) is 0 Å². The summed E-state index contributed by atoms with van der Waals surface area (Å²) < 4.78 is 26.5. The van der Waals surface area contributed by atoms with Crippen LogP contribution in [-0.4, -0.2) is 22.7 Å². The van der Waals surface area contributed by atoms with E-state index < -0.39 is 11.9 Å². The maximum atomic E-state index is 13.4. The zero-order valence-electron chi connectivity index (χ0n) is 12.4. The molecule has 2 atom stereocenters. The van der Waals surface area contributed by atoms with E-state index in [4.69, 9.17) is 5.26 Å². The third-order valence-electron chi connectivity index (χ3n) is 4.17. The van der Waals surface area contributed by atoms with Gasteiger partial charge in [0.15, 0.2) is 0 Å². The topological polar surface area (TPSA) is 47.3 Å². The van der Waals surface area contributed by atoms with Crippen molar-refractivity contribution < 1.29 is 13.9 Å². The molecule has 5 heteroatoms. The van der Waals surface area contributed by atoms with Crippen molar-refractivity contribution in [2.45, 2.75) is 25.1 Å². The van der Waals surface area contributed by atoms with Gasteiger partial charge in [0.2, 0.25) is 0 Å². The molecule has 0 unspecified atom stereocenters. The summed E-state index contributed by atoms with van der Waals surface area (Å²) >= 11 is 0. The van der Waals surface area contributed by atoms with E-state index in [1.54, 1.807) is 18.2 Å². The van der Waals surface area contributed by atoms with Crippen molar-refractivity contribution in [1.29, 1.82) is 5.26 Å². The van der Waals surface area contributed by atoms with Crippen LogP contribution in [0.3, 0.4) is 0 Å². The standard InChI is InChI=1S/C18H16F2N2O/c19-15-4-2-13(3-5-15)18-8-16(23)11-22(18)10-12-1-6-17(20)14(7-12)9-21/h1-7,16,18,23H,8,10-11H2/t16-,18+/m1/s1. The summed E-state index contributed by atoms with van der Waals surface area (Å²) in [6, 6.07) is 12.5. The van der Waals surface area contributed by atoms with E-state index in [2.05, 4.69) is 4.90 Å². The predicted octanol–water partition coefficient (Wildman–Crippen LogP) is 3.14. The highest BCUT2D eigenvalue weighted by Crippen LogP contribution is 2.33. The van der Waals surface area contributed by atoms with Gasteiger partial charge < -0.3 is 5.11 Å². The molecule has 23 heavy (non-hydrogen) atoms. The van der Waals surface area contributed by atoms with Crippen molar-refractivity contribution in [2.24, 2.45) is 0 Å². The number of hydrogen-bond donors (Lipinski definition) is 1. The van der Waals surface area contributed by atoms with Gasteiger partial charge >= 0.3 is 0 Å². The normalized spacial score (nSPS) is 21.3. The molecule has 0 saturated carbocycles. The maximum absolute atomic E-state index is 13.4. The number of likely N-dealkylation sites (tertiary alicyclic amines) is 1. The summed E-state index contributed by atoms with van der Waals surface area (Å²) in [7, 11) is 0. The van der Waals surface area contributed by atoms with Crippen molar-refractivity contribution in [2.75, 3.05) is 6.54 Å². The molecule has 1 saturated heterocycles. The summed E-state index contributed by atoms with van der Waals surface area (Å²) in [4.78, 5) is 2.06. The summed E-state index contributed by atoms with van der Waals surface area (Å²) in [6.45, 7) is 0.982. The predicted molar refractivity (Wildman–Crippen MR) is 81.3 cm³/mol. The Labute approximate surface area is 133 Å². The second-order valence-corrected chi connectivity index (χ2v) is 5.81. The zero-order valence-corrected chi connectivity index (χ0v) is 12.4. The fraction of sp³-hybridized carbons (Fsp3) is 0.278. The Balaban J connectivity index is 1.83. The number of aliphatic hydroxyl groups is 1. The molecule has 1 fully saturated rings. The van der Waals surface area contributed by atoms with E-state index in [0.29, 0.717) is 19.5 Å². The summed E-state index contributed by atoms with van der Waals surface area (Å²) in [6.07, 6.45) is 0.110. The molecule has 2 aromatic carbocycles. The molecule has 3 rings (SSSR count). The average molecular weight is 314 g/mol. The molecular weight excluding hydrogens is 298 g/mol. The minimum atomic E-state index is -0.534. The van der Waals surface area contributed by atoms with Crippen molar-refractivity contribution in [3.05, 3.63) is 70.8 Å². The molecule has 0 spiro atoms. The largest absolute Gasteiger partial charge is 0.392 e. The van der Waals surface area contributed by atoms with E-state index in [9.17, 15) is 13.9 Å². The van der Waals surface area contributed by atoms with Gasteiger partial charge in [-0.2, -0.15) is 5.26 Å². The molecule has 1 N–H and O–H groups in total. The number of halogens is 2. The molecule has 0 aliphatic carbocycles. The van der Waals surface area contributed by atoms with Gasteiger partial charge in [-0.3, -0.25) is 4.90 Å². The fourth-order valence-electron chi connectivity index (χ4n) is 3.08. The summed E-state index contributed by atoms with van der Waals surface area (Å²) in [5.74, 6) is -0.830. The quantitative estimate of drug-likeness (QED) is 0.947. The van der Waals surface area contributed by atoms with Gasteiger partial charge in [0.1, 0.15) is 17.7 Å².